The van der Waals surface area contributed by atoms with Crippen LogP contribution in [0.2, 0.25) is 0 Å². The topological polar surface area (TPSA) is 84.2 Å². The monoisotopic (exact) mass is 384 g/mol. The summed E-state index contributed by atoms with van der Waals surface area (Å²) in [7, 11) is 4.36. The van der Waals surface area contributed by atoms with Gasteiger partial charge >= 0.3 is 11.6 Å². The van der Waals surface area contributed by atoms with Crippen molar-refractivity contribution in [1.82, 2.24) is 0 Å². The molecule has 0 saturated heterocycles. The molecule has 3 rings (SSSR count). The number of rotatable bonds is 6. The summed E-state index contributed by atoms with van der Waals surface area (Å²) in [6.07, 6.45) is -0.781. The first-order chi connectivity index (χ1) is 13.5. The number of esters is 1. The Kier molecular flexibility index (Phi) is 5.54. The number of carbonyl (C=O) groups excluding carboxylic acids is 1. The minimum atomic E-state index is -0.781. The van der Waals surface area contributed by atoms with E-state index >= 15 is 0 Å². The largest absolute Gasteiger partial charge is 0.497 e. The average molecular weight is 384 g/mol. The lowest BCUT2D eigenvalue weighted by Crippen LogP contribution is -2.24. The molecule has 1 heterocycles. The number of fused-ring (bicyclic) bond motifs is 1. The normalized spacial score (nSPS) is 11.7. The van der Waals surface area contributed by atoms with Gasteiger partial charge in [-0.05, 0) is 37.3 Å². The van der Waals surface area contributed by atoms with E-state index in [1.165, 1.54) is 14.2 Å². The van der Waals surface area contributed by atoms with Gasteiger partial charge < -0.3 is 23.4 Å². The molecular weight excluding hydrogens is 364 g/mol. The molecule has 0 N–H and O–H groups in total. The van der Waals surface area contributed by atoms with Crippen LogP contribution >= 0.6 is 0 Å². The summed E-state index contributed by atoms with van der Waals surface area (Å²) in [5, 5.41) is 0.700. The third kappa shape index (κ3) is 3.78. The highest BCUT2D eigenvalue weighted by Gasteiger charge is 2.17. The van der Waals surface area contributed by atoms with Crippen molar-refractivity contribution in [2.75, 3.05) is 21.3 Å². The van der Waals surface area contributed by atoms with Crippen molar-refractivity contribution in [3.63, 3.8) is 0 Å². The average Bonchev–Trinajstić information content (AvgIpc) is 2.72. The SMILES string of the molecule is COC(=O)C(C)Oc1ccc2cc(-c3ccc(OC)cc3OC)c(=O)oc2c1. The van der Waals surface area contributed by atoms with Gasteiger partial charge in [-0.3, -0.25) is 0 Å². The van der Waals surface area contributed by atoms with E-state index in [4.69, 9.17) is 18.6 Å². The van der Waals surface area contributed by atoms with Gasteiger partial charge in [-0.15, -0.1) is 0 Å². The predicted octanol–water partition coefficient (Wildman–Crippen LogP) is 3.42. The first-order valence-corrected chi connectivity index (χ1v) is 8.51. The van der Waals surface area contributed by atoms with Crippen molar-refractivity contribution < 1.29 is 28.2 Å². The Morgan fingerprint density at radius 1 is 0.929 bits per heavy atom. The fraction of sp³-hybridized carbons (Fsp3) is 0.238. The van der Waals surface area contributed by atoms with Crippen LogP contribution in [-0.4, -0.2) is 33.4 Å². The zero-order valence-corrected chi connectivity index (χ0v) is 16.0. The predicted molar refractivity (Wildman–Crippen MR) is 103 cm³/mol. The van der Waals surface area contributed by atoms with Gasteiger partial charge in [0.2, 0.25) is 0 Å². The van der Waals surface area contributed by atoms with Gasteiger partial charge in [0, 0.05) is 23.1 Å². The Morgan fingerprint density at radius 2 is 1.68 bits per heavy atom. The quantitative estimate of drug-likeness (QED) is 0.476. The van der Waals surface area contributed by atoms with Gasteiger partial charge in [0.25, 0.3) is 0 Å². The molecule has 0 aliphatic heterocycles. The van der Waals surface area contributed by atoms with Crippen molar-refractivity contribution in [3.05, 3.63) is 52.9 Å². The highest BCUT2D eigenvalue weighted by Crippen LogP contribution is 2.33. The Morgan fingerprint density at radius 3 is 2.36 bits per heavy atom. The standard InChI is InChI=1S/C21H20O7/c1-12(20(22)26-4)27-15-6-5-13-9-17(21(23)28-18(13)11-15)16-8-7-14(24-2)10-19(16)25-3/h5-12H,1-4H3. The van der Waals surface area contributed by atoms with Crippen LogP contribution in [0.5, 0.6) is 17.2 Å². The highest BCUT2D eigenvalue weighted by atomic mass is 16.6. The van der Waals surface area contributed by atoms with Crippen molar-refractivity contribution in [2.45, 2.75) is 13.0 Å². The van der Waals surface area contributed by atoms with Gasteiger partial charge in [-0.1, -0.05) is 0 Å². The van der Waals surface area contributed by atoms with Crippen molar-refractivity contribution in [1.29, 1.82) is 0 Å². The summed E-state index contributed by atoms with van der Waals surface area (Å²) in [5.41, 5.74) is 0.784. The molecule has 7 heteroatoms. The van der Waals surface area contributed by atoms with E-state index in [2.05, 4.69) is 4.74 Å². The molecule has 1 aromatic heterocycles. The maximum absolute atomic E-state index is 12.6. The number of methoxy groups -OCH3 is 3. The molecule has 146 valence electrons. The second kappa shape index (κ2) is 8.04. The maximum Gasteiger partial charge on any atom is 0.346 e. The minimum Gasteiger partial charge on any atom is -0.497 e. The van der Waals surface area contributed by atoms with Gasteiger partial charge in [-0.25, -0.2) is 9.59 Å². The second-order valence-electron chi connectivity index (χ2n) is 6.00. The fourth-order valence-electron chi connectivity index (χ4n) is 2.79. The van der Waals surface area contributed by atoms with E-state index in [-0.39, 0.29) is 0 Å². The lowest BCUT2D eigenvalue weighted by atomic mass is 10.0. The third-order valence-electron chi connectivity index (χ3n) is 4.25. The molecule has 1 unspecified atom stereocenters. The summed E-state index contributed by atoms with van der Waals surface area (Å²) in [5.74, 6) is 1.01. The van der Waals surface area contributed by atoms with Crippen LogP contribution in [0.3, 0.4) is 0 Å². The van der Waals surface area contributed by atoms with E-state index < -0.39 is 17.7 Å². The molecule has 0 aliphatic rings. The smallest absolute Gasteiger partial charge is 0.346 e. The van der Waals surface area contributed by atoms with E-state index in [0.717, 1.165) is 0 Å². The third-order valence-corrected chi connectivity index (χ3v) is 4.25. The van der Waals surface area contributed by atoms with Crippen LogP contribution in [0.15, 0.2) is 51.7 Å². The summed E-state index contributed by atoms with van der Waals surface area (Å²) < 4.78 is 26.2. The molecule has 0 amide bonds. The van der Waals surface area contributed by atoms with Gasteiger partial charge in [-0.2, -0.15) is 0 Å². The Balaban J connectivity index is 2.02. The first kappa shape index (κ1) is 19.3. The van der Waals surface area contributed by atoms with Crippen molar-refractivity contribution in [2.24, 2.45) is 0 Å². The van der Waals surface area contributed by atoms with E-state index in [1.807, 2.05) is 0 Å². The highest BCUT2D eigenvalue weighted by molar-refractivity contribution is 5.84. The summed E-state index contributed by atoms with van der Waals surface area (Å²) >= 11 is 0. The molecule has 0 aliphatic carbocycles. The zero-order chi connectivity index (χ0) is 20.3. The number of hydrogen-bond donors (Lipinski definition) is 0. The Hall–Kier alpha value is -3.48. The molecule has 0 fully saturated rings. The summed E-state index contributed by atoms with van der Waals surface area (Å²) in [6.45, 7) is 1.57. The van der Waals surface area contributed by atoms with E-state index in [1.54, 1.807) is 56.5 Å². The second-order valence-corrected chi connectivity index (χ2v) is 6.00. The van der Waals surface area contributed by atoms with E-state index in [9.17, 15) is 9.59 Å². The number of benzene rings is 2. The van der Waals surface area contributed by atoms with Gasteiger partial charge in [0.15, 0.2) is 6.10 Å². The lowest BCUT2D eigenvalue weighted by Gasteiger charge is -2.13. The van der Waals surface area contributed by atoms with Crippen molar-refractivity contribution >= 4 is 16.9 Å². The van der Waals surface area contributed by atoms with Crippen LogP contribution in [0.25, 0.3) is 22.1 Å². The maximum atomic E-state index is 12.6. The molecule has 28 heavy (non-hydrogen) atoms. The zero-order valence-electron chi connectivity index (χ0n) is 16.0. The van der Waals surface area contributed by atoms with Crippen LogP contribution in [-0.2, 0) is 9.53 Å². The Bertz CT molecular complexity index is 1070. The molecule has 0 spiro atoms. The fourth-order valence-corrected chi connectivity index (χ4v) is 2.79. The molecule has 3 aromatic rings. The minimum absolute atomic E-state index is 0.343. The molecule has 7 nitrogen and oxygen atoms in total. The van der Waals surface area contributed by atoms with Gasteiger partial charge in [0.1, 0.15) is 22.8 Å². The van der Waals surface area contributed by atoms with Crippen LogP contribution in [0, 0.1) is 0 Å². The Labute approximate surface area is 161 Å². The van der Waals surface area contributed by atoms with E-state index in [0.29, 0.717) is 39.3 Å². The van der Waals surface area contributed by atoms with Crippen LogP contribution in [0.4, 0.5) is 0 Å². The first-order valence-electron chi connectivity index (χ1n) is 8.51. The molecule has 0 saturated carbocycles. The number of carbonyl (C=O) groups is 1. The molecule has 2 aromatic carbocycles. The molecular formula is C21H20O7. The summed E-state index contributed by atoms with van der Waals surface area (Å²) in [4.78, 5) is 24.1. The molecule has 0 bridgehead atoms. The van der Waals surface area contributed by atoms with Crippen LogP contribution < -0.4 is 19.8 Å². The number of ether oxygens (including phenoxy) is 4. The van der Waals surface area contributed by atoms with Crippen LogP contribution in [0.1, 0.15) is 6.92 Å². The lowest BCUT2D eigenvalue weighted by molar-refractivity contribution is -0.147. The van der Waals surface area contributed by atoms with Crippen molar-refractivity contribution in [3.8, 4) is 28.4 Å². The molecule has 0 radical (unpaired) electrons. The molecule has 1 atom stereocenters. The van der Waals surface area contributed by atoms with Gasteiger partial charge in [0.05, 0.1) is 26.9 Å². The summed E-state index contributed by atoms with van der Waals surface area (Å²) in [6, 6.07) is 11.9. The number of hydrogen-bond acceptors (Lipinski definition) is 7.